The number of Topliss-reactive ketones (excluding diaryl/α,β-unsaturated/α-hetero) is 1. The van der Waals surface area contributed by atoms with Crippen LogP contribution in [0.3, 0.4) is 0 Å². The lowest BCUT2D eigenvalue weighted by Gasteiger charge is -2.15. The van der Waals surface area contributed by atoms with E-state index in [9.17, 15) is 4.79 Å². The largest absolute Gasteiger partial charge is 0.352 e. The standard InChI is InChI=1S/C21H21BrFN3O/c1-4-5-6-9-26-12-24-21-18(26)11-16(14(3)27)20(19(21)23)25-17-8-7-15(22)10-13(17)2/h4,7-8,10-12,25H,1,5-6,9H2,2-3H3. The SMILES string of the molecule is C=CCCCn1cnc2c(F)c(Nc3ccc(Br)cc3C)c(C(C)=O)cc21. The average molecular weight is 430 g/mol. The highest BCUT2D eigenvalue weighted by Crippen LogP contribution is 2.33. The summed E-state index contributed by atoms with van der Waals surface area (Å²) >= 11 is 3.42. The summed E-state index contributed by atoms with van der Waals surface area (Å²) in [6, 6.07) is 7.37. The van der Waals surface area contributed by atoms with Crippen LogP contribution in [0.2, 0.25) is 0 Å². The molecule has 0 saturated heterocycles. The summed E-state index contributed by atoms with van der Waals surface area (Å²) in [5.41, 5.74) is 3.04. The van der Waals surface area contributed by atoms with E-state index in [1.165, 1.54) is 6.92 Å². The van der Waals surface area contributed by atoms with Gasteiger partial charge in [0.2, 0.25) is 0 Å². The minimum Gasteiger partial charge on any atom is -0.352 e. The van der Waals surface area contributed by atoms with Gasteiger partial charge < -0.3 is 9.88 Å². The van der Waals surface area contributed by atoms with E-state index < -0.39 is 5.82 Å². The highest BCUT2D eigenvalue weighted by Gasteiger charge is 2.20. The lowest BCUT2D eigenvalue weighted by atomic mass is 10.1. The maximum atomic E-state index is 15.3. The molecular weight excluding hydrogens is 409 g/mol. The van der Waals surface area contributed by atoms with Gasteiger partial charge in [-0.1, -0.05) is 22.0 Å². The molecule has 27 heavy (non-hydrogen) atoms. The fourth-order valence-corrected chi connectivity index (χ4v) is 3.52. The first-order chi connectivity index (χ1) is 12.9. The van der Waals surface area contributed by atoms with Gasteiger partial charge in [0, 0.05) is 22.3 Å². The molecule has 3 rings (SSSR count). The zero-order valence-corrected chi connectivity index (χ0v) is 16.9. The van der Waals surface area contributed by atoms with Crippen LogP contribution in [0.5, 0.6) is 0 Å². The van der Waals surface area contributed by atoms with Crippen LogP contribution >= 0.6 is 15.9 Å². The van der Waals surface area contributed by atoms with Gasteiger partial charge in [-0.15, -0.1) is 6.58 Å². The number of hydrogen-bond donors (Lipinski definition) is 1. The molecular formula is C21H21BrFN3O. The second-order valence-electron chi connectivity index (χ2n) is 6.49. The van der Waals surface area contributed by atoms with E-state index in [1.807, 2.05) is 35.8 Å². The number of allylic oxidation sites excluding steroid dienone is 1. The number of anilines is 2. The molecule has 1 aromatic heterocycles. The van der Waals surface area contributed by atoms with Crippen LogP contribution in [0.25, 0.3) is 11.0 Å². The van der Waals surface area contributed by atoms with E-state index in [1.54, 1.807) is 12.4 Å². The van der Waals surface area contributed by atoms with Crippen molar-refractivity contribution in [3.63, 3.8) is 0 Å². The maximum absolute atomic E-state index is 15.3. The van der Waals surface area contributed by atoms with Gasteiger partial charge >= 0.3 is 0 Å². The quantitative estimate of drug-likeness (QED) is 0.278. The number of nitrogens with zero attached hydrogens (tertiary/aromatic N) is 2. The first-order valence-electron chi connectivity index (χ1n) is 8.74. The van der Waals surface area contributed by atoms with Crippen molar-refractivity contribution in [3.8, 4) is 0 Å². The molecule has 0 radical (unpaired) electrons. The molecule has 4 nitrogen and oxygen atoms in total. The number of imidazole rings is 1. The molecule has 0 saturated carbocycles. The maximum Gasteiger partial charge on any atom is 0.175 e. The Bertz CT molecular complexity index is 1030. The zero-order valence-electron chi connectivity index (χ0n) is 15.4. The number of ketones is 1. The third-order valence-electron chi connectivity index (χ3n) is 4.49. The summed E-state index contributed by atoms with van der Waals surface area (Å²) < 4.78 is 18.1. The fraction of sp³-hybridized carbons (Fsp3) is 0.238. The van der Waals surface area contributed by atoms with Crippen LogP contribution in [0.4, 0.5) is 15.8 Å². The minimum atomic E-state index is -0.512. The Labute approximate surface area is 166 Å². The van der Waals surface area contributed by atoms with E-state index in [0.717, 1.165) is 28.6 Å². The number of carbonyl (C=O) groups excluding carboxylic acids is 1. The highest BCUT2D eigenvalue weighted by molar-refractivity contribution is 9.10. The number of nitrogens with one attached hydrogen (secondary N) is 1. The monoisotopic (exact) mass is 429 g/mol. The predicted octanol–water partition coefficient (Wildman–Crippen LogP) is 6.16. The third kappa shape index (κ3) is 3.95. The van der Waals surface area contributed by atoms with E-state index in [2.05, 4.69) is 32.8 Å². The van der Waals surface area contributed by atoms with E-state index >= 15 is 4.39 Å². The average Bonchev–Trinajstić information content (AvgIpc) is 3.02. The predicted molar refractivity (Wildman–Crippen MR) is 111 cm³/mol. The van der Waals surface area contributed by atoms with Crippen molar-refractivity contribution < 1.29 is 9.18 Å². The molecule has 140 valence electrons. The van der Waals surface area contributed by atoms with Crippen LogP contribution in [0.15, 0.2) is 47.7 Å². The topological polar surface area (TPSA) is 46.9 Å². The van der Waals surface area contributed by atoms with Gasteiger partial charge in [0.1, 0.15) is 5.52 Å². The first-order valence-corrected chi connectivity index (χ1v) is 9.54. The van der Waals surface area contributed by atoms with Gasteiger partial charge in [0.25, 0.3) is 0 Å². The number of carbonyl (C=O) groups is 1. The van der Waals surface area contributed by atoms with Crippen molar-refractivity contribution in [1.82, 2.24) is 9.55 Å². The smallest absolute Gasteiger partial charge is 0.175 e. The van der Waals surface area contributed by atoms with Crippen LogP contribution in [-0.2, 0) is 6.54 Å². The Hall–Kier alpha value is -2.47. The second-order valence-corrected chi connectivity index (χ2v) is 7.41. The Balaban J connectivity index is 2.09. The van der Waals surface area contributed by atoms with Crippen LogP contribution in [0.1, 0.15) is 35.7 Å². The molecule has 0 atom stereocenters. The molecule has 0 aliphatic rings. The van der Waals surface area contributed by atoms with Crippen molar-refractivity contribution in [2.24, 2.45) is 0 Å². The molecule has 2 aromatic carbocycles. The van der Waals surface area contributed by atoms with Crippen LogP contribution < -0.4 is 5.32 Å². The van der Waals surface area contributed by atoms with Gasteiger partial charge in [0.15, 0.2) is 11.6 Å². The van der Waals surface area contributed by atoms with E-state index in [4.69, 9.17) is 0 Å². The van der Waals surface area contributed by atoms with Crippen molar-refractivity contribution in [2.75, 3.05) is 5.32 Å². The summed E-state index contributed by atoms with van der Waals surface area (Å²) in [7, 11) is 0. The molecule has 0 aliphatic carbocycles. The van der Waals surface area contributed by atoms with E-state index in [0.29, 0.717) is 17.6 Å². The van der Waals surface area contributed by atoms with Crippen molar-refractivity contribution in [3.05, 3.63) is 64.7 Å². The summed E-state index contributed by atoms with van der Waals surface area (Å²) in [5.74, 6) is -0.714. The number of aryl methyl sites for hydroxylation is 2. The number of aromatic nitrogens is 2. The molecule has 1 heterocycles. The Morgan fingerprint density at radius 1 is 1.41 bits per heavy atom. The molecule has 0 bridgehead atoms. The molecule has 3 aromatic rings. The van der Waals surface area contributed by atoms with Crippen LogP contribution in [-0.4, -0.2) is 15.3 Å². The molecule has 0 unspecified atom stereocenters. The number of benzene rings is 2. The highest BCUT2D eigenvalue weighted by atomic mass is 79.9. The van der Waals surface area contributed by atoms with Gasteiger partial charge in [-0.25, -0.2) is 9.37 Å². The second kappa shape index (κ2) is 8.05. The lowest BCUT2D eigenvalue weighted by molar-refractivity contribution is 0.101. The van der Waals surface area contributed by atoms with Crippen molar-refractivity contribution in [2.45, 2.75) is 33.2 Å². The fourth-order valence-electron chi connectivity index (χ4n) is 3.04. The van der Waals surface area contributed by atoms with Gasteiger partial charge in [-0.2, -0.15) is 0 Å². The lowest BCUT2D eigenvalue weighted by Crippen LogP contribution is -2.06. The molecule has 0 fully saturated rings. The van der Waals surface area contributed by atoms with Gasteiger partial charge in [-0.05, 0) is 56.5 Å². The summed E-state index contributed by atoms with van der Waals surface area (Å²) in [5, 5.41) is 3.09. The normalized spacial score (nSPS) is 11.0. The van der Waals surface area contributed by atoms with Crippen molar-refractivity contribution in [1.29, 1.82) is 0 Å². The summed E-state index contributed by atoms with van der Waals surface area (Å²) in [6.45, 7) is 7.77. The Morgan fingerprint density at radius 2 is 2.19 bits per heavy atom. The van der Waals surface area contributed by atoms with Gasteiger partial charge in [-0.3, -0.25) is 4.79 Å². The number of unbranched alkanes of at least 4 members (excludes halogenated alkanes) is 1. The number of fused-ring (bicyclic) bond motifs is 1. The summed E-state index contributed by atoms with van der Waals surface area (Å²) in [4.78, 5) is 16.5. The number of rotatable bonds is 7. The third-order valence-corrected chi connectivity index (χ3v) is 4.98. The molecule has 1 N–H and O–H groups in total. The molecule has 0 spiro atoms. The Kier molecular flexibility index (Phi) is 5.75. The zero-order chi connectivity index (χ0) is 19.6. The Morgan fingerprint density at radius 3 is 2.85 bits per heavy atom. The van der Waals surface area contributed by atoms with Crippen molar-refractivity contribution >= 4 is 44.1 Å². The van der Waals surface area contributed by atoms with Gasteiger partial charge in [0.05, 0.1) is 17.5 Å². The number of halogens is 2. The van der Waals surface area contributed by atoms with Crippen LogP contribution in [0, 0.1) is 12.7 Å². The first kappa shape index (κ1) is 19.3. The molecule has 0 aliphatic heterocycles. The molecule has 6 heteroatoms. The molecule has 0 amide bonds. The number of hydrogen-bond acceptors (Lipinski definition) is 3. The van der Waals surface area contributed by atoms with E-state index in [-0.39, 0.29) is 17.0 Å². The summed E-state index contributed by atoms with van der Waals surface area (Å²) in [6.07, 6.45) is 5.22. The minimum absolute atomic E-state index is 0.164.